The Kier molecular flexibility index (Phi) is 3.22. The number of nitrogens with zero attached hydrogens (tertiary/aromatic N) is 2. The summed E-state index contributed by atoms with van der Waals surface area (Å²) in [6.07, 6.45) is 3.76. The number of rotatable bonds is 4. The molecule has 1 aromatic carbocycles. The first-order chi connectivity index (χ1) is 9.54. The van der Waals surface area contributed by atoms with E-state index >= 15 is 0 Å². The van der Waals surface area contributed by atoms with E-state index in [0.717, 1.165) is 5.56 Å². The Morgan fingerprint density at radius 2 is 2.35 bits per heavy atom. The summed E-state index contributed by atoms with van der Waals surface area (Å²) in [5, 5.41) is 9.28. The Hall–Kier alpha value is -1.88. The van der Waals surface area contributed by atoms with Crippen LogP contribution in [0, 0.1) is 11.7 Å². The zero-order valence-electron chi connectivity index (χ0n) is 10.5. The number of carboxylic acid groups (broad SMARTS) is 1. The summed E-state index contributed by atoms with van der Waals surface area (Å²) >= 11 is 5.72. The first-order valence-corrected chi connectivity index (χ1v) is 6.61. The van der Waals surface area contributed by atoms with Gasteiger partial charge in [0, 0.05) is 18.7 Å². The molecule has 1 aliphatic rings. The van der Waals surface area contributed by atoms with Gasteiger partial charge in [0.15, 0.2) is 0 Å². The first-order valence-electron chi connectivity index (χ1n) is 6.23. The Bertz CT molecular complexity index is 671. The van der Waals surface area contributed by atoms with Gasteiger partial charge in [-0.25, -0.2) is 9.37 Å². The molecule has 20 heavy (non-hydrogen) atoms. The van der Waals surface area contributed by atoms with E-state index in [1.165, 1.54) is 6.07 Å². The molecule has 0 aliphatic heterocycles. The van der Waals surface area contributed by atoms with Crippen molar-refractivity contribution in [3.63, 3.8) is 0 Å². The van der Waals surface area contributed by atoms with Crippen molar-refractivity contribution in [2.45, 2.75) is 18.9 Å². The molecule has 6 heteroatoms. The number of hydrogen-bond donors (Lipinski definition) is 1. The van der Waals surface area contributed by atoms with Gasteiger partial charge in [0.1, 0.15) is 11.0 Å². The molecule has 3 rings (SSSR count). The maximum absolute atomic E-state index is 14.0. The number of hydrogen-bond acceptors (Lipinski definition) is 2. The van der Waals surface area contributed by atoms with Crippen LogP contribution in [0.4, 0.5) is 4.39 Å². The Labute approximate surface area is 119 Å². The van der Waals surface area contributed by atoms with Crippen molar-refractivity contribution in [1.82, 2.24) is 9.55 Å². The second-order valence-electron chi connectivity index (χ2n) is 5.01. The fraction of sp³-hybridized carbons (Fsp3) is 0.286. The van der Waals surface area contributed by atoms with Crippen molar-refractivity contribution in [2.24, 2.45) is 5.92 Å². The molecular formula is C14H12ClFN2O2. The van der Waals surface area contributed by atoms with Gasteiger partial charge in [-0.05, 0) is 23.6 Å². The maximum Gasteiger partial charge on any atom is 0.307 e. The van der Waals surface area contributed by atoms with Gasteiger partial charge in [0.25, 0.3) is 0 Å². The van der Waals surface area contributed by atoms with E-state index < -0.39 is 11.9 Å². The van der Waals surface area contributed by atoms with E-state index in [0.29, 0.717) is 23.7 Å². The molecule has 0 spiro atoms. The fourth-order valence-electron chi connectivity index (χ4n) is 2.41. The Morgan fingerprint density at radius 3 is 2.90 bits per heavy atom. The van der Waals surface area contributed by atoms with Crippen LogP contribution in [0.2, 0.25) is 5.15 Å². The van der Waals surface area contributed by atoms with Crippen LogP contribution in [0.3, 0.4) is 0 Å². The molecule has 2 atom stereocenters. The van der Waals surface area contributed by atoms with Gasteiger partial charge in [-0.1, -0.05) is 23.7 Å². The van der Waals surface area contributed by atoms with Crippen LogP contribution >= 0.6 is 11.6 Å². The zero-order valence-corrected chi connectivity index (χ0v) is 11.2. The average molecular weight is 295 g/mol. The highest BCUT2D eigenvalue weighted by molar-refractivity contribution is 6.29. The van der Waals surface area contributed by atoms with Gasteiger partial charge in [0.2, 0.25) is 0 Å². The molecule has 0 unspecified atom stereocenters. The maximum atomic E-state index is 14.0. The van der Waals surface area contributed by atoms with Crippen molar-refractivity contribution in [3.05, 3.63) is 52.8 Å². The summed E-state index contributed by atoms with van der Waals surface area (Å²) in [6, 6.07) is 4.93. The highest BCUT2D eigenvalue weighted by Gasteiger charge is 2.45. The minimum atomic E-state index is -0.855. The second-order valence-corrected chi connectivity index (χ2v) is 5.40. The van der Waals surface area contributed by atoms with E-state index in [9.17, 15) is 9.18 Å². The molecule has 104 valence electrons. The van der Waals surface area contributed by atoms with Gasteiger partial charge in [-0.15, -0.1) is 0 Å². The lowest BCUT2D eigenvalue weighted by Crippen LogP contribution is -2.01. The van der Waals surface area contributed by atoms with Crippen LogP contribution in [0.25, 0.3) is 0 Å². The van der Waals surface area contributed by atoms with Gasteiger partial charge in [-0.2, -0.15) is 0 Å². The summed E-state index contributed by atoms with van der Waals surface area (Å²) in [5.41, 5.74) is 1.28. The van der Waals surface area contributed by atoms with E-state index in [2.05, 4.69) is 4.98 Å². The molecule has 0 bridgehead atoms. The standard InChI is InChI=1S/C14H12ClFN2O2/c15-13-6-18(7-17-13)5-8-1-2-9(12(16)3-8)10-4-11(10)14(19)20/h1-3,6-7,10-11H,4-5H2,(H,19,20)/t10-,11+/m0/s1. The highest BCUT2D eigenvalue weighted by Crippen LogP contribution is 2.48. The SMILES string of the molecule is O=C(O)[C@@H]1C[C@H]1c1ccc(Cn2cnc(Cl)c2)cc1F. The minimum Gasteiger partial charge on any atom is -0.481 e. The third-order valence-corrected chi connectivity index (χ3v) is 3.73. The topological polar surface area (TPSA) is 55.1 Å². The smallest absolute Gasteiger partial charge is 0.307 e. The quantitative estimate of drug-likeness (QED) is 0.943. The van der Waals surface area contributed by atoms with Crippen molar-refractivity contribution >= 4 is 17.6 Å². The summed E-state index contributed by atoms with van der Waals surface area (Å²) < 4.78 is 15.8. The molecule has 1 N–H and O–H groups in total. The van der Waals surface area contributed by atoms with E-state index in [4.69, 9.17) is 16.7 Å². The summed E-state index contributed by atoms with van der Waals surface area (Å²) in [6.45, 7) is 0.476. The van der Waals surface area contributed by atoms with E-state index in [1.807, 2.05) is 6.07 Å². The molecule has 0 saturated heterocycles. The predicted molar refractivity (Wildman–Crippen MR) is 71.2 cm³/mol. The number of halogens is 2. The van der Waals surface area contributed by atoms with Crippen molar-refractivity contribution < 1.29 is 14.3 Å². The number of aliphatic carboxylic acids is 1. The lowest BCUT2D eigenvalue weighted by molar-refractivity contribution is -0.138. The molecule has 1 aliphatic carbocycles. The van der Waals surface area contributed by atoms with Crippen molar-refractivity contribution in [2.75, 3.05) is 0 Å². The summed E-state index contributed by atoms with van der Waals surface area (Å²) in [5.74, 6) is -1.83. The monoisotopic (exact) mass is 294 g/mol. The van der Waals surface area contributed by atoms with Crippen molar-refractivity contribution in [3.8, 4) is 0 Å². The minimum absolute atomic E-state index is 0.191. The largest absolute Gasteiger partial charge is 0.481 e. The molecular weight excluding hydrogens is 283 g/mol. The molecule has 1 heterocycles. The Morgan fingerprint density at radius 1 is 1.55 bits per heavy atom. The van der Waals surface area contributed by atoms with Gasteiger partial charge >= 0.3 is 5.97 Å². The van der Waals surface area contributed by atoms with Gasteiger partial charge < -0.3 is 9.67 Å². The lowest BCUT2D eigenvalue weighted by atomic mass is 10.1. The molecule has 1 aromatic heterocycles. The zero-order chi connectivity index (χ0) is 14.3. The fourth-order valence-corrected chi connectivity index (χ4v) is 2.58. The number of carbonyl (C=O) groups is 1. The molecule has 2 aromatic rings. The normalized spacial score (nSPS) is 20.9. The van der Waals surface area contributed by atoms with Crippen LogP contribution < -0.4 is 0 Å². The van der Waals surface area contributed by atoms with Gasteiger partial charge in [-0.3, -0.25) is 4.79 Å². The first kappa shape index (κ1) is 13.1. The molecule has 1 saturated carbocycles. The third kappa shape index (κ3) is 2.54. The van der Waals surface area contributed by atoms with E-state index in [-0.39, 0.29) is 11.7 Å². The van der Waals surface area contributed by atoms with Crippen LogP contribution in [-0.4, -0.2) is 20.6 Å². The van der Waals surface area contributed by atoms with Gasteiger partial charge in [0.05, 0.1) is 12.2 Å². The average Bonchev–Trinajstić information content (AvgIpc) is 3.07. The molecule has 1 fully saturated rings. The summed E-state index contributed by atoms with van der Waals surface area (Å²) in [4.78, 5) is 14.7. The summed E-state index contributed by atoms with van der Waals surface area (Å²) in [7, 11) is 0. The molecule has 4 nitrogen and oxygen atoms in total. The molecule has 0 amide bonds. The number of benzene rings is 1. The number of carboxylic acids is 1. The second kappa shape index (κ2) is 4.90. The lowest BCUT2D eigenvalue weighted by Gasteiger charge is -2.06. The highest BCUT2D eigenvalue weighted by atomic mass is 35.5. The van der Waals surface area contributed by atoms with Crippen LogP contribution in [0.5, 0.6) is 0 Å². The predicted octanol–water partition coefficient (Wildman–Crippen LogP) is 2.91. The number of imidazole rings is 1. The molecule has 0 radical (unpaired) electrons. The van der Waals surface area contributed by atoms with Crippen LogP contribution in [0.15, 0.2) is 30.7 Å². The van der Waals surface area contributed by atoms with Crippen molar-refractivity contribution in [1.29, 1.82) is 0 Å². The Balaban J connectivity index is 1.76. The third-order valence-electron chi connectivity index (χ3n) is 3.54. The van der Waals surface area contributed by atoms with E-state index in [1.54, 1.807) is 23.2 Å². The van der Waals surface area contributed by atoms with Crippen LogP contribution in [-0.2, 0) is 11.3 Å². The van der Waals surface area contributed by atoms with Crippen LogP contribution in [0.1, 0.15) is 23.5 Å². The number of aromatic nitrogens is 2.